The Morgan fingerprint density at radius 2 is 1.94 bits per heavy atom. The molecule has 2 heterocycles. The van der Waals surface area contributed by atoms with Crippen molar-refractivity contribution >= 4 is 35.1 Å². The molecule has 1 N–H and O–H groups in total. The molecule has 0 bridgehead atoms. The highest BCUT2D eigenvalue weighted by atomic mass is 35.5. The normalized spacial score (nSPS) is 23.3. The van der Waals surface area contributed by atoms with Gasteiger partial charge in [0.15, 0.2) is 6.17 Å². The molecule has 36 heavy (non-hydrogen) atoms. The third kappa shape index (κ3) is 6.28. The molecule has 0 radical (unpaired) electrons. The Balaban J connectivity index is 2.26. The number of halogens is 2. The molecule has 1 aromatic carbocycles. The minimum Gasteiger partial charge on any atom is -0.457 e. The molecule has 6 nitrogen and oxygen atoms in total. The first-order chi connectivity index (χ1) is 16.9. The van der Waals surface area contributed by atoms with E-state index in [1.165, 1.54) is 0 Å². The second-order valence-electron chi connectivity index (χ2n) is 10.5. The van der Waals surface area contributed by atoms with Crippen LogP contribution < -0.4 is 5.32 Å². The van der Waals surface area contributed by atoms with E-state index in [1.807, 2.05) is 52.8 Å². The maximum Gasteiger partial charge on any atom is 0.344 e. The van der Waals surface area contributed by atoms with Crippen molar-refractivity contribution in [1.29, 1.82) is 0 Å². The number of likely N-dealkylation sites (tertiary alicyclic amines) is 1. The van der Waals surface area contributed by atoms with Crippen molar-refractivity contribution < 1.29 is 14.3 Å². The standard InChI is InChI=1S/C28H35Cl2N3O3/c1-7-14-28(6)17-21(22-16-20(30)13-15-32-22)23(18-9-11-19(29)12-10-18)33(26(28)35)24(31-8-2)25(34)36-27(3,4)5/h7,9-13,15-16,21,23-24,31H,1,8,14,17H2,2-6H3/t21-,23-,24?,28-/m1/s1. The predicted molar refractivity (Wildman–Crippen MR) is 144 cm³/mol. The number of rotatable bonds is 8. The lowest BCUT2D eigenvalue weighted by Crippen LogP contribution is -2.62. The number of ether oxygens (including phenoxy) is 1. The van der Waals surface area contributed by atoms with E-state index < -0.39 is 29.2 Å². The average Bonchev–Trinajstić information content (AvgIpc) is 2.79. The summed E-state index contributed by atoms with van der Waals surface area (Å²) in [6.07, 6.45) is 3.35. The van der Waals surface area contributed by atoms with Gasteiger partial charge in [0.25, 0.3) is 0 Å². The van der Waals surface area contributed by atoms with Gasteiger partial charge in [-0.2, -0.15) is 0 Å². The number of benzene rings is 1. The van der Waals surface area contributed by atoms with Gasteiger partial charge < -0.3 is 9.64 Å². The molecule has 1 aliphatic rings. The molecule has 8 heteroatoms. The van der Waals surface area contributed by atoms with Crippen LogP contribution in [0.25, 0.3) is 0 Å². The third-order valence-electron chi connectivity index (χ3n) is 6.34. The topological polar surface area (TPSA) is 71.5 Å². The van der Waals surface area contributed by atoms with Gasteiger partial charge in [-0.05, 0) is 70.0 Å². The van der Waals surface area contributed by atoms with Crippen LogP contribution in [-0.2, 0) is 14.3 Å². The highest BCUT2D eigenvalue weighted by Crippen LogP contribution is 2.51. The molecule has 194 valence electrons. The zero-order valence-corrected chi connectivity index (χ0v) is 23.1. The molecular weight excluding hydrogens is 497 g/mol. The Morgan fingerprint density at radius 3 is 2.50 bits per heavy atom. The quantitative estimate of drug-likeness (QED) is 0.319. The Morgan fingerprint density at radius 1 is 1.28 bits per heavy atom. The summed E-state index contributed by atoms with van der Waals surface area (Å²) >= 11 is 12.6. The summed E-state index contributed by atoms with van der Waals surface area (Å²) in [5.41, 5.74) is 0.0495. The number of likely N-dealkylation sites (N-methyl/N-ethyl adjacent to an activating group) is 1. The molecule has 2 aromatic rings. The van der Waals surface area contributed by atoms with Crippen LogP contribution in [0.2, 0.25) is 10.0 Å². The summed E-state index contributed by atoms with van der Waals surface area (Å²) in [5, 5.41) is 4.35. The molecule has 0 saturated carbocycles. The third-order valence-corrected chi connectivity index (χ3v) is 6.82. The number of nitrogens with one attached hydrogen (secondary N) is 1. The number of aromatic nitrogens is 1. The van der Waals surface area contributed by atoms with E-state index in [9.17, 15) is 9.59 Å². The highest BCUT2D eigenvalue weighted by Gasteiger charge is 2.53. The molecule has 0 aliphatic carbocycles. The number of hydrogen-bond acceptors (Lipinski definition) is 5. The highest BCUT2D eigenvalue weighted by molar-refractivity contribution is 6.30. The molecule has 1 saturated heterocycles. The summed E-state index contributed by atoms with van der Waals surface area (Å²) in [6, 6.07) is 10.4. The number of esters is 1. The van der Waals surface area contributed by atoms with E-state index in [0.717, 1.165) is 11.3 Å². The maximum atomic E-state index is 14.3. The smallest absolute Gasteiger partial charge is 0.344 e. The van der Waals surface area contributed by atoms with Gasteiger partial charge in [-0.25, -0.2) is 4.79 Å². The number of carbonyl (C=O) groups is 2. The van der Waals surface area contributed by atoms with Crippen molar-refractivity contribution in [2.45, 2.75) is 71.2 Å². The number of amides is 1. The van der Waals surface area contributed by atoms with E-state index in [-0.39, 0.29) is 11.8 Å². The molecule has 0 spiro atoms. The van der Waals surface area contributed by atoms with Crippen molar-refractivity contribution in [3.05, 3.63) is 76.6 Å². The summed E-state index contributed by atoms with van der Waals surface area (Å²) in [5.74, 6) is -0.925. The first-order valence-corrected chi connectivity index (χ1v) is 12.9. The molecule has 3 rings (SSSR count). The summed E-state index contributed by atoms with van der Waals surface area (Å²) < 4.78 is 5.77. The fourth-order valence-corrected chi connectivity index (χ4v) is 5.17. The van der Waals surface area contributed by atoms with Crippen LogP contribution in [0.4, 0.5) is 0 Å². The van der Waals surface area contributed by atoms with Crippen LogP contribution in [0.5, 0.6) is 0 Å². The predicted octanol–water partition coefficient (Wildman–Crippen LogP) is 6.31. The number of hydrogen-bond donors (Lipinski definition) is 1. The minimum absolute atomic E-state index is 0.155. The molecule has 1 unspecified atom stereocenters. The van der Waals surface area contributed by atoms with Crippen LogP contribution in [0, 0.1) is 5.41 Å². The van der Waals surface area contributed by atoms with Crippen molar-refractivity contribution in [2.24, 2.45) is 5.41 Å². The Kier molecular flexibility index (Phi) is 8.86. The minimum atomic E-state index is -1.01. The summed E-state index contributed by atoms with van der Waals surface area (Å²) in [6.45, 7) is 13.6. The van der Waals surface area contributed by atoms with E-state index in [0.29, 0.717) is 29.4 Å². The van der Waals surface area contributed by atoms with Crippen molar-refractivity contribution in [1.82, 2.24) is 15.2 Å². The lowest BCUT2D eigenvalue weighted by molar-refractivity contribution is -0.175. The average molecular weight is 533 g/mol. The SMILES string of the molecule is C=CC[C@]1(C)C[C@H](c2cc(Cl)ccn2)[C@@H](c2ccc(Cl)cc2)N(C(NCC)C(=O)OC(C)(C)C)C1=O. The van der Waals surface area contributed by atoms with Crippen LogP contribution in [-0.4, -0.2) is 40.1 Å². The number of piperidine rings is 1. The Labute approximate surface area is 224 Å². The number of allylic oxidation sites excluding steroid dienone is 1. The van der Waals surface area contributed by atoms with Crippen LogP contribution in [0.1, 0.15) is 70.7 Å². The van der Waals surface area contributed by atoms with Gasteiger partial charge in [-0.3, -0.25) is 15.1 Å². The van der Waals surface area contributed by atoms with E-state index in [4.69, 9.17) is 27.9 Å². The first kappa shape index (κ1) is 28.2. The summed E-state index contributed by atoms with van der Waals surface area (Å²) in [7, 11) is 0. The summed E-state index contributed by atoms with van der Waals surface area (Å²) in [4.78, 5) is 34.1. The monoisotopic (exact) mass is 531 g/mol. The van der Waals surface area contributed by atoms with Crippen LogP contribution in [0.3, 0.4) is 0 Å². The zero-order valence-electron chi connectivity index (χ0n) is 21.6. The van der Waals surface area contributed by atoms with Gasteiger partial charge in [0.05, 0.1) is 11.5 Å². The zero-order chi connectivity index (χ0) is 26.7. The second kappa shape index (κ2) is 11.3. The Bertz CT molecular complexity index is 1100. The first-order valence-electron chi connectivity index (χ1n) is 12.2. The largest absolute Gasteiger partial charge is 0.457 e. The fourth-order valence-electron chi connectivity index (χ4n) is 4.87. The number of pyridine rings is 1. The molecule has 1 amide bonds. The van der Waals surface area contributed by atoms with Crippen LogP contribution >= 0.6 is 23.2 Å². The number of nitrogens with zero attached hydrogens (tertiary/aromatic N) is 2. The molecule has 4 atom stereocenters. The van der Waals surface area contributed by atoms with E-state index in [1.54, 1.807) is 35.4 Å². The fraction of sp³-hybridized carbons (Fsp3) is 0.464. The van der Waals surface area contributed by atoms with Gasteiger partial charge in [-0.1, -0.05) is 55.3 Å². The second-order valence-corrected chi connectivity index (χ2v) is 11.3. The lowest BCUT2D eigenvalue weighted by Gasteiger charge is -2.51. The van der Waals surface area contributed by atoms with Gasteiger partial charge in [0.2, 0.25) is 5.91 Å². The van der Waals surface area contributed by atoms with Crippen molar-refractivity contribution in [3.63, 3.8) is 0 Å². The van der Waals surface area contributed by atoms with Gasteiger partial charge in [-0.15, -0.1) is 6.58 Å². The molecule has 1 aliphatic heterocycles. The van der Waals surface area contributed by atoms with Crippen LogP contribution in [0.15, 0.2) is 55.3 Å². The van der Waals surface area contributed by atoms with Gasteiger partial charge in [0, 0.05) is 27.9 Å². The lowest BCUT2D eigenvalue weighted by atomic mass is 9.68. The molecule has 1 aromatic heterocycles. The van der Waals surface area contributed by atoms with E-state index in [2.05, 4.69) is 16.9 Å². The van der Waals surface area contributed by atoms with Gasteiger partial charge >= 0.3 is 5.97 Å². The Hall–Kier alpha value is -2.41. The van der Waals surface area contributed by atoms with Gasteiger partial charge in [0.1, 0.15) is 5.60 Å². The van der Waals surface area contributed by atoms with Crippen molar-refractivity contribution in [3.8, 4) is 0 Å². The van der Waals surface area contributed by atoms with E-state index >= 15 is 0 Å². The molecular formula is C28H35Cl2N3O3. The maximum absolute atomic E-state index is 14.3. The number of carbonyl (C=O) groups excluding carboxylic acids is 2. The van der Waals surface area contributed by atoms with Crippen molar-refractivity contribution in [2.75, 3.05) is 6.54 Å². The molecule has 1 fully saturated rings.